The Labute approximate surface area is 165 Å². The number of hydrogen-bond acceptors (Lipinski definition) is 6. The normalized spacial score (nSPS) is 11.9. The van der Waals surface area contributed by atoms with Crippen LogP contribution in [0.4, 0.5) is 0 Å². The molecule has 1 atom stereocenters. The number of H-pyrrole nitrogens is 2. The van der Waals surface area contributed by atoms with E-state index < -0.39 is 17.9 Å². The van der Waals surface area contributed by atoms with Crippen LogP contribution in [0.5, 0.6) is 0 Å². The minimum Gasteiger partial charge on any atom is -0.467 e. The van der Waals surface area contributed by atoms with Crippen molar-refractivity contribution in [2.75, 3.05) is 7.11 Å². The summed E-state index contributed by atoms with van der Waals surface area (Å²) in [5.74, 6) is -0.331. The van der Waals surface area contributed by atoms with E-state index in [1.165, 1.54) is 13.4 Å². The first-order valence-corrected chi connectivity index (χ1v) is 8.91. The molecular weight excluding hydrogens is 372 g/mol. The van der Waals surface area contributed by atoms with Crippen molar-refractivity contribution in [2.24, 2.45) is 0 Å². The third-order valence-electron chi connectivity index (χ3n) is 4.48. The third-order valence-corrected chi connectivity index (χ3v) is 4.48. The minimum absolute atomic E-state index is 0.233. The Balaban J connectivity index is 1.63. The van der Waals surface area contributed by atoms with Gasteiger partial charge in [-0.2, -0.15) is 0 Å². The van der Waals surface area contributed by atoms with E-state index in [-0.39, 0.29) is 6.42 Å². The number of aromatic nitrogens is 5. The van der Waals surface area contributed by atoms with Crippen LogP contribution in [0.25, 0.3) is 22.4 Å². The van der Waals surface area contributed by atoms with Crippen LogP contribution in [0.2, 0.25) is 0 Å². The standard InChI is InChI=1S/C20H18N6O3/c1-29-20(28)16(9-13-10-22-11-23-13)25-19(27)14-3-2-4-15-17(14)26-18(24-15)12-5-7-21-8-6-12/h2-8,10-11,16H,9H2,1H3,(H,22,23)(H,24,26)(H,25,27). The van der Waals surface area contributed by atoms with Crippen LogP contribution in [0.3, 0.4) is 0 Å². The van der Waals surface area contributed by atoms with Crippen molar-refractivity contribution in [3.63, 3.8) is 0 Å². The molecule has 0 saturated heterocycles. The second-order valence-electron chi connectivity index (χ2n) is 6.35. The predicted molar refractivity (Wildman–Crippen MR) is 105 cm³/mol. The van der Waals surface area contributed by atoms with Gasteiger partial charge in [0.1, 0.15) is 17.4 Å². The lowest BCUT2D eigenvalue weighted by atomic mass is 10.1. The van der Waals surface area contributed by atoms with Crippen molar-refractivity contribution in [3.05, 3.63) is 66.5 Å². The Morgan fingerprint density at radius 1 is 1.17 bits per heavy atom. The average molecular weight is 390 g/mol. The molecular formula is C20H18N6O3. The van der Waals surface area contributed by atoms with Crippen LogP contribution < -0.4 is 5.32 Å². The number of amides is 1. The number of imidazole rings is 2. The Bertz CT molecular complexity index is 1140. The lowest BCUT2D eigenvalue weighted by molar-refractivity contribution is -0.142. The fourth-order valence-corrected chi connectivity index (χ4v) is 3.05. The first-order valence-electron chi connectivity index (χ1n) is 8.91. The van der Waals surface area contributed by atoms with Crippen molar-refractivity contribution in [2.45, 2.75) is 12.5 Å². The lowest BCUT2D eigenvalue weighted by Crippen LogP contribution is -2.43. The molecule has 1 amide bonds. The number of esters is 1. The fraction of sp³-hybridized carbons (Fsp3) is 0.150. The lowest BCUT2D eigenvalue weighted by Gasteiger charge is -2.16. The number of nitrogens with one attached hydrogen (secondary N) is 3. The van der Waals surface area contributed by atoms with Crippen LogP contribution in [0.1, 0.15) is 16.1 Å². The number of aromatic amines is 2. The molecule has 0 radical (unpaired) electrons. The smallest absolute Gasteiger partial charge is 0.328 e. The summed E-state index contributed by atoms with van der Waals surface area (Å²) in [5, 5.41) is 2.74. The monoisotopic (exact) mass is 390 g/mol. The molecule has 1 aromatic carbocycles. The van der Waals surface area contributed by atoms with Gasteiger partial charge in [0.15, 0.2) is 0 Å². The zero-order chi connectivity index (χ0) is 20.2. The molecule has 29 heavy (non-hydrogen) atoms. The molecule has 3 N–H and O–H groups in total. The van der Waals surface area contributed by atoms with Crippen LogP contribution >= 0.6 is 0 Å². The SMILES string of the molecule is COC(=O)C(Cc1cnc[nH]1)NC(=O)c1cccc2[nH]c(-c3ccncc3)nc12. The highest BCUT2D eigenvalue weighted by molar-refractivity contribution is 6.06. The van der Waals surface area contributed by atoms with E-state index in [2.05, 4.69) is 30.2 Å². The van der Waals surface area contributed by atoms with Gasteiger partial charge in [0, 0.05) is 36.3 Å². The summed E-state index contributed by atoms with van der Waals surface area (Å²) < 4.78 is 4.83. The van der Waals surface area contributed by atoms with Crippen molar-refractivity contribution < 1.29 is 14.3 Å². The van der Waals surface area contributed by atoms with E-state index in [1.807, 2.05) is 18.2 Å². The van der Waals surface area contributed by atoms with Crippen LogP contribution in [-0.2, 0) is 16.0 Å². The quantitative estimate of drug-likeness (QED) is 0.432. The molecule has 3 heterocycles. The first-order chi connectivity index (χ1) is 14.2. The molecule has 9 heteroatoms. The number of methoxy groups -OCH3 is 1. The van der Waals surface area contributed by atoms with Gasteiger partial charge in [-0.15, -0.1) is 0 Å². The van der Waals surface area contributed by atoms with Gasteiger partial charge in [0.2, 0.25) is 0 Å². The number of carbonyl (C=O) groups is 2. The first kappa shape index (κ1) is 18.4. The number of pyridine rings is 1. The largest absolute Gasteiger partial charge is 0.467 e. The van der Waals surface area contributed by atoms with Gasteiger partial charge in [-0.3, -0.25) is 9.78 Å². The second kappa shape index (κ2) is 7.93. The highest BCUT2D eigenvalue weighted by Gasteiger charge is 2.24. The third kappa shape index (κ3) is 3.84. The maximum absolute atomic E-state index is 13.0. The zero-order valence-electron chi connectivity index (χ0n) is 15.5. The Morgan fingerprint density at radius 2 is 2.00 bits per heavy atom. The summed E-state index contributed by atoms with van der Waals surface area (Å²) in [4.78, 5) is 43.7. The zero-order valence-corrected chi connectivity index (χ0v) is 15.5. The Hall–Kier alpha value is -4.01. The Morgan fingerprint density at radius 3 is 2.72 bits per heavy atom. The van der Waals surface area contributed by atoms with Gasteiger partial charge in [-0.05, 0) is 24.3 Å². The fourth-order valence-electron chi connectivity index (χ4n) is 3.05. The van der Waals surface area contributed by atoms with Gasteiger partial charge in [-0.1, -0.05) is 6.07 Å². The average Bonchev–Trinajstić information content (AvgIpc) is 3.42. The van der Waals surface area contributed by atoms with Gasteiger partial charge in [0.25, 0.3) is 5.91 Å². The molecule has 0 bridgehead atoms. The predicted octanol–water partition coefficient (Wildman–Crippen LogP) is 1.86. The number of ether oxygens (including phenoxy) is 1. The molecule has 0 spiro atoms. The van der Waals surface area contributed by atoms with Gasteiger partial charge < -0.3 is 20.0 Å². The number of benzene rings is 1. The van der Waals surface area contributed by atoms with Crippen molar-refractivity contribution >= 4 is 22.9 Å². The minimum atomic E-state index is -0.859. The van der Waals surface area contributed by atoms with E-state index in [0.29, 0.717) is 28.1 Å². The summed E-state index contributed by atoms with van der Waals surface area (Å²) in [5.41, 5.74) is 3.15. The van der Waals surface area contributed by atoms with Crippen LogP contribution in [0, 0.1) is 0 Å². The summed E-state index contributed by atoms with van der Waals surface area (Å²) in [7, 11) is 1.28. The van der Waals surface area contributed by atoms with Crippen LogP contribution in [-0.4, -0.2) is 49.9 Å². The van der Waals surface area contributed by atoms with Gasteiger partial charge in [0.05, 0.1) is 24.5 Å². The maximum atomic E-state index is 13.0. The number of nitrogens with zero attached hydrogens (tertiary/aromatic N) is 3. The molecule has 0 saturated carbocycles. The van der Waals surface area contributed by atoms with Gasteiger partial charge in [-0.25, -0.2) is 14.8 Å². The second-order valence-corrected chi connectivity index (χ2v) is 6.35. The van der Waals surface area contributed by atoms with E-state index in [1.54, 1.807) is 30.7 Å². The molecule has 146 valence electrons. The molecule has 4 aromatic rings. The topological polar surface area (TPSA) is 126 Å². The summed E-state index contributed by atoms with van der Waals surface area (Å²) in [6.45, 7) is 0. The highest BCUT2D eigenvalue weighted by atomic mass is 16.5. The van der Waals surface area contributed by atoms with Crippen molar-refractivity contribution in [3.8, 4) is 11.4 Å². The highest BCUT2D eigenvalue weighted by Crippen LogP contribution is 2.22. The summed E-state index contributed by atoms with van der Waals surface area (Å²) >= 11 is 0. The maximum Gasteiger partial charge on any atom is 0.328 e. The number of para-hydroxylation sites is 1. The number of rotatable bonds is 6. The molecule has 1 unspecified atom stereocenters. The van der Waals surface area contributed by atoms with Crippen molar-refractivity contribution in [1.82, 2.24) is 30.2 Å². The molecule has 0 fully saturated rings. The number of carbonyl (C=O) groups excluding carboxylic acids is 2. The van der Waals surface area contributed by atoms with Crippen molar-refractivity contribution in [1.29, 1.82) is 0 Å². The van der Waals surface area contributed by atoms with E-state index in [0.717, 1.165) is 5.56 Å². The molecule has 0 aliphatic carbocycles. The molecule has 0 aliphatic rings. The molecule has 4 rings (SSSR count). The summed E-state index contributed by atoms with van der Waals surface area (Å²) in [6, 6.07) is 8.06. The van der Waals surface area contributed by atoms with E-state index >= 15 is 0 Å². The molecule has 0 aliphatic heterocycles. The number of hydrogen-bond donors (Lipinski definition) is 3. The van der Waals surface area contributed by atoms with E-state index in [4.69, 9.17) is 4.74 Å². The Kier molecular flexibility index (Phi) is 5.02. The van der Waals surface area contributed by atoms with Gasteiger partial charge >= 0.3 is 5.97 Å². The van der Waals surface area contributed by atoms with E-state index in [9.17, 15) is 9.59 Å². The molecule has 3 aromatic heterocycles. The summed E-state index contributed by atoms with van der Waals surface area (Å²) in [6.07, 6.45) is 6.68. The van der Waals surface area contributed by atoms with Crippen LogP contribution in [0.15, 0.2) is 55.2 Å². The number of fused-ring (bicyclic) bond motifs is 1. The molecule has 9 nitrogen and oxygen atoms in total.